The first-order valence-electron chi connectivity index (χ1n) is 7.63. The lowest BCUT2D eigenvalue weighted by molar-refractivity contribution is -0.137. The molecule has 1 aromatic carbocycles. The van der Waals surface area contributed by atoms with Gasteiger partial charge in [-0.25, -0.2) is 0 Å². The van der Waals surface area contributed by atoms with Crippen molar-refractivity contribution < 1.29 is 22.5 Å². The maximum absolute atomic E-state index is 12.8. The molecule has 0 spiro atoms. The fourth-order valence-corrected chi connectivity index (χ4v) is 2.17. The number of halogens is 3. The van der Waals surface area contributed by atoms with E-state index in [9.17, 15) is 18.0 Å². The zero-order valence-electron chi connectivity index (χ0n) is 14.1. The summed E-state index contributed by atoms with van der Waals surface area (Å²) in [6.45, 7) is 4.06. The monoisotopic (exact) mass is 356 g/mol. The van der Waals surface area contributed by atoms with Gasteiger partial charge in [0, 0.05) is 11.6 Å². The maximum atomic E-state index is 12.8. The molecule has 0 aliphatic rings. The third-order valence-corrected chi connectivity index (χ3v) is 3.18. The molecular weight excluding hydrogens is 337 g/mol. The average molecular weight is 356 g/mol. The summed E-state index contributed by atoms with van der Waals surface area (Å²) in [5, 5.41) is 6.47. The highest BCUT2D eigenvalue weighted by atomic mass is 19.4. The smallest absolute Gasteiger partial charge is 0.353 e. The van der Waals surface area contributed by atoms with Gasteiger partial charge in [-0.15, -0.1) is 0 Å². The van der Waals surface area contributed by atoms with Gasteiger partial charge in [0.2, 0.25) is 17.6 Å². The van der Waals surface area contributed by atoms with Crippen molar-refractivity contribution in [2.24, 2.45) is 0 Å². The number of benzene rings is 1. The molecule has 0 saturated carbocycles. The molecule has 0 atom stereocenters. The molecule has 2 aromatic rings. The van der Waals surface area contributed by atoms with E-state index >= 15 is 0 Å². The lowest BCUT2D eigenvalue weighted by atomic mass is 10.1. The zero-order valence-corrected chi connectivity index (χ0v) is 14.1. The second-order valence-corrected chi connectivity index (χ2v) is 5.98. The number of hydrogen-bond donors (Lipinski definition) is 1. The van der Waals surface area contributed by atoms with Crippen LogP contribution in [0.25, 0.3) is 11.4 Å². The SMILES string of the molecule is CC(C)NC(=O)CN(C)Cc1nc(-c2cccc(C(F)(F)F)c2)no1. The predicted octanol–water partition coefficient (Wildman–Crippen LogP) is 2.71. The Labute approximate surface area is 143 Å². The van der Waals surface area contributed by atoms with Crippen molar-refractivity contribution in [3.05, 3.63) is 35.7 Å². The minimum Gasteiger partial charge on any atom is -0.353 e. The summed E-state index contributed by atoms with van der Waals surface area (Å²) < 4.78 is 43.4. The number of nitrogens with one attached hydrogen (secondary N) is 1. The molecule has 1 heterocycles. The summed E-state index contributed by atoms with van der Waals surface area (Å²) in [7, 11) is 1.70. The van der Waals surface area contributed by atoms with E-state index in [4.69, 9.17) is 4.52 Å². The van der Waals surface area contributed by atoms with Crippen molar-refractivity contribution in [2.75, 3.05) is 13.6 Å². The highest BCUT2D eigenvalue weighted by Gasteiger charge is 2.30. The summed E-state index contributed by atoms with van der Waals surface area (Å²) in [6, 6.07) is 4.75. The fraction of sp³-hybridized carbons (Fsp3) is 0.438. The molecule has 1 amide bonds. The zero-order chi connectivity index (χ0) is 18.6. The number of carbonyl (C=O) groups is 1. The molecular formula is C16H19F3N4O2. The lowest BCUT2D eigenvalue weighted by Crippen LogP contribution is -2.38. The third-order valence-electron chi connectivity index (χ3n) is 3.18. The molecule has 2 rings (SSSR count). The first kappa shape index (κ1) is 18.9. The van der Waals surface area contributed by atoms with Crippen LogP contribution in [0.15, 0.2) is 28.8 Å². The van der Waals surface area contributed by atoms with Gasteiger partial charge in [-0.2, -0.15) is 18.2 Å². The van der Waals surface area contributed by atoms with Gasteiger partial charge in [-0.05, 0) is 33.0 Å². The quantitative estimate of drug-likeness (QED) is 0.862. The van der Waals surface area contributed by atoms with Crippen LogP contribution in [-0.4, -0.2) is 40.6 Å². The van der Waals surface area contributed by atoms with Crippen LogP contribution in [0.4, 0.5) is 13.2 Å². The van der Waals surface area contributed by atoms with Crippen LogP contribution in [0, 0.1) is 0 Å². The molecule has 6 nitrogen and oxygen atoms in total. The number of rotatable bonds is 6. The van der Waals surface area contributed by atoms with Gasteiger partial charge in [0.15, 0.2) is 0 Å². The fourth-order valence-electron chi connectivity index (χ4n) is 2.17. The van der Waals surface area contributed by atoms with E-state index in [0.717, 1.165) is 12.1 Å². The van der Waals surface area contributed by atoms with Crippen LogP contribution in [0.5, 0.6) is 0 Å². The van der Waals surface area contributed by atoms with Gasteiger partial charge in [-0.1, -0.05) is 17.3 Å². The van der Waals surface area contributed by atoms with Crippen molar-refractivity contribution >= 4 is 5.91 Å². The molecule has 0 saturated heterocycles. The van der Waals surface area contributed by atoms with Crippen molar-refractivity contribution in [3.63, 3.8) is 0 Å². The summed E-state index contributed by atoms with van der Waals surface area (Å²) >= 11 is 0. The van der Waals surface area contributed by atoms with Gasteiger partial charge in [0.25, 0.3) is 0 Å². The Morgan fingerprint density at radius 1 is 1.36 bits per heavy atom. The molecule has 0 fully saturated rings. The number of carbonyl (C=O) groups excluding carboxylic acids is 1. The van der Waals surface area contributed by atoms with E-state index in [1.807, 2.05) is 13.8 Å². The molecule has 0 aliphatic carbocycles. The van der Waals surface area contributed by atoms with Gasteiger partial charge in [0.1, 0.15) is 0 Å². The molecule has 25 heavy (non-hydrogen) atoms. The van der Waals surface area contributed by atoms with Crippen LogP contribution in [0.1, 0.15) is 25.3 Å². The number of aromatic nitrogens is 2. The van der Waals surface area contributed by atoms with Gasteiger partial charge in [-0.3, -0.25) is 9.69 Å². The van der Waals surface area contributed by atoms with E-state index < -0.39 is 11.7 Å². The number of nitrogens with zero attached hydrogens (tertiary/aromatic N) is 3. The highest BCUT2D eigenvalue weighted by Crippen LogP contribution is 2.31. The predicted molar refractivity (Wildman–Crippen MR) is 84.3 cm³/mol. The summed E-state index contributed by atoms with van der Waals surface area (Å²) in [4.78, 5) is 17.4. The van der Waals surface area contributed by atoms with Crippen LogP contribution in [-0.2, 0) is 17.5 Å². The summed E-state index contributed by atoms with van der Waals surface area (Å²) in [6.07, 6.45) is -4.44. The standard InChI is InChI=1S/C16H19F3N4O2/c1-10(2)20-13(24)8-23(3)9-14-21-15(22-25-14)11-5-4-6-12(7-11)16(17,18)19/h4-7,10H,8-9H2,1-3H3,(H,20,24). The van der Waals surface area contributed by atoms with E-state index in [1.165, 1.54) is 12.1 Å². The topological polar surface area (TPSA) is 71.3 Å². The van der Waals surface area contributed by atoms with Crippen LogP contribution < -0.4 is 5.32 Å². The molecule has 9 heteroatoms. The second-order valence-electron chi connectivity index (χ2n) is 5.98. The first-order valence-corrected chi connectivity index (χ1v) is 7.63. The number of hydrogen-bond acceptors (Lipinski definition) is 5. The summed E-state index contributed by atoms with van der Waals surface area (Å²) in [5.74, 6) is 0.142. The average Bonchev–Trinajstić information content (AvgIpc) is 2.93. The molecule has 1 aromatic heterocycles. The van der Waals surface area contributed by atoms with Crippen molar-refractivity contribution in [1.29, 1.82) is 0 Å². The largest absolute Gasteiger partial charge is 0.416 e. The molecule has 0 aliphatic heterocycles. The normalized spacial score (nSPS) is 12.0. The first-order chi connectivity index (χ1) is 11.6. The highest BCUT2D eigenvalue weighted by molar-refractivity contribution is 5.78. The molecule has 0 bridgehead atoms. The Balaban J connectivity index is 2.04. The van der Waals surface area contributed by atoms with Gasteiger partial charge in [0.05, 0.1) is 18.7 Å². The number of alkyl halides is 3. The Kier molecular flexibility index (Phi) is 5.78. The maximum Gasteiger partial charge on any atom is 0.416 e. The van der Waals surface area contributed by atoms with Crippen LogP contribution in [0.2, 0.25) is 0 Å². The minimum absolute atomic E-state index is 0.0387. The van der Waals surface area contributed by atoms with Crippen molar-refractivity contribution in [2.45, 2.75) is 32.6 Å². The Morgan fingerprint density at radius 2 is 2.08 bits per heavy atom. The molecule has 0 unspecified atom stereocenters. The van der Waals surface area contributed by atoms with Crippen molar-refractivity contribution in [3.8, 4) is 11.4 Å². The van der Waals surface area contributed by atoms with Crippen molar-refractivity contribution in [1.82, 2.24) is 20.4 Å². The van der Waals surface area contributed by atoms with Gasteiger partial charge >= 0.3 is 6.18 Å². The molecule has 1 N–H and O–H groups in total. The second kappa shape index (κ2) is 7.64. The molecule has 0 radical (unpaired) electrons. The molecule has 136 valence electrons. The Bertz CT molecular complexity index is 728. The van der Waals surface area contributed by atoms with E-state index in [0.29, 0.717) is 0 Å². The van der Waals surface area contributed by atoms with E-state index in [1.54, 1.807) is 11.9 Å². The van der Waals surface area contributed by atoms with E-state index in [-0.39, 0.29) is 42.3 Å². The van der Waals surface area contributed by atoms with Gasteiger partial charge < -0.3 is 9.84 Å². The van der Waals surface area contributed by atoms with Crippen LogP contribution in [0.3, 0.4) is 0 Å². The lowest BCUT2D eigenvalue weighted by Gasteiger charge is -2.15. The van der Waals surface area contributed by atoms with E-state index in [2.05, 4.69) is 15.5 Å². The Hall–Kier alpha value is -2.42. The van der Waals surface area contributed by atoms with Crippen LogP contribution >= 0.6 is 0 Å². The third kappa shape index (κ3) is 5.56. The minimum atomic E-state index is -4.44. The number of amides is 1. The Morgan fingerprint density at radius 3 is 2.72 bits per heavy atom. The number of likely N-dealkylation sites (N-methyl/N-ethyl adjacent to an activating group) is 1. The summed E-state index contributed by atoms with van der Waals surface area (Å²) in [5.41, 5.74) is -0.566.